The van der Waals surface area contributed by atoms with Crippen LogP contribution in [0.2, 0.25) is 0 Å². The third-order valence-electron chi connectivity index (χ3n) is 5.59. The lowest BCUT2D eigenvalue weighted by atomic mass is 10.2. The molecule has 0 spiro atoms. The van der Waals surface area contributed by atoms with Crippen LogP contribution in [0, 0.1) is 5.82 Å². The van der Waals surface area contributed by atoms with Gasteiger partial charge in [0.2, 0.25) is 20.0 Å². The molecule has 2 fully saturated rings. The number of hydrogen-bond donors (Lipinski definition) is 0. The van der Waals surface area contributed by atoms with Gasteiger partial charge in [-0.15, -0.1) is 0 Å². The molecule has 0 radical (unpaired) electrons. The van der Waals surface area contributed by atoms with Crippen molar-refractivity contribution in [1.29, 1.82) is 0 Å². The second-order valence-electron chi connectivity index (χ2n) is 7.84. The Labute approximate surface area is 177 Å². The highest BCUT2D eigenvalue weighted by Gasteiger charge is 2.38. The van der Waals surface area contributed by atoms with E-state index in [-0.39, 0.29) is 28.2 Å². The molecule has 0 atom stereocenters. The van der Waals surface area contributed by atoms with Crippen LogP contribution in [-0.4, -0.2) is 44.6 Å². The van der Waals surface area contributed by atoms with Crippen molar-refractivity contribution in [2.75, 3.05) is 13.1 Å². The van der Waals surface area contributed by atoms with Gasteiger partial charge < -0.3 is 0 Å². The monoisotopic (exact) mass is 452 g/mol. The maximum Gasteiger partial charge on any atom is 0.243 e. The van der Waals surface area contributed by atoms with E-state index >= 15 is 0 Å². The highest BCUT2D eigenvalue weighted by atomic mass is 32.2. The normalized spacial score (nSPS) is 18.6. The molecule has 0 amide bonds. The van der Waals surface area contributed by atoms with Gasteiger partial charge in [0.05, 0.1) is 9.79 Å². The van der Waals surface area contributed by atoms with Crippen molar-refractivity contribution < 1.29 is 21.2 Å². The van der Waals surface area contributed by atoms with Gasteiger partial charge in [0, 0.05) is 25.7 Å². The quantitative estimate of drug-likeness (QED) is 0.646. The lowest BCUT2D eigenvalue weighted by Crippen LogP contribution is -2.35. The Kier molecular flexibility index (Phi) is 5.98. The summed E-state index contributed by atoms with van der Waals surface area (Å²) < 4.78 is 68.2. The van der Waals surface area contributed by atoms with Crippen molar-refractivity contribution in [3.05, 3.63) is 59.9 Å². The van der Waals surface area contributed by atoms with Gasteiger partial charge >= 0.3 is 0 Å². The third kappa shape index (κ3) is 4.44. The van der Waals surface area contributed by atoms with E-state index in [4.69, 9.17) is 0 Å². The summed E-state index contributed by atoms with van der Waals surface area (Å²) in [7, 11) is -7.41. The van der Waals surface area contributed by atoms with Crippen LogP contribution in [0.1, 0.15) is 37.7 Å². The molecule has 2 aromatic carbocycles. The minimum Gasteiger partial charge on any atom is -0.207 e. The average Bonchev–Trinajstić information content (AvgIpc) is 3.59. The first kappa shape index (κ1) is 21.4. The molecule has 1 saturated heterocycles. The largest absolute Gasteiger partial charge is 0.243 e. The summed E-state index contributed by atoms with van der Waals surface area (Å²) in [5, 5.41) is 0. The Hall–Kier alpha value is -1.81. The maximum atomic E-state index is 13.2. The molecular weight excluding hydrogens is 427 g/mol. The number of halogens is 1. The van der Waals surface area contributed by atoms with Crippen LogP contribution < -0.4 is 0 Å². The Morgan fingerprint density at radius 3 is 1.97 bits per heavy atom. The molecule has 6 nitrogen and oxygen atoms in total. The summed E-state index contributed by atoms with van der Waals surface area (Å²) >= 11 is 0. The van der Waals surface area contributed by atoms with Crippen LogP contribution in [0.25, 0.3) is 0 Å². The summed E-state index contributed by atoms with van der Waals surface area (Å²) in [6, 6.07) is 11.2. The first-order chi connectivity index (χ1) is 14.3. The Morgan fingerprint density at radius 1 is 0.833 bits per heavy atom. The number of benzene rings is 2. The molecule has 9 heteroatoms. The Bertz CT molecular complexity index is 1090. The molecule has 0 bridgehead atoms. The summed E-state index contributed by atoms with van der Waals surface area (Å²) in [4.78, 5) is 0.175. The smallest absolute Gasteiger partial charge is 0.207 e. The van der Waals surface area contributed by atoms with Crippen LogP contribution in [0.4, 0.5) is 4.39 Å². The van der Waals surface area contributed by atoms with Gasteiger partial charge in [-0.25, -0.2) is 21.2 Å². The van der Waals surface area contributed by atoms with Crippen LogP contribution in [0.5, 0.6) is 0 Å². The molecule has 0 unspecified atom stereocenters. The summed E-state index contributed by atoms with van der Waals surface area (Å²) in [6.45, 7) is 1.14. The van der Waals surface area contributed by atoms with Gasteiger partial charge in [-0.2, -0.15) is 8.61 Å². The zero-order chi connectivity index (χ0) is 21.4. The molecule has 1 aliphatic heterocycles. The van der Waals surface area contributed by atoms with Crippen molar-refractivity contribution in [1.82, 2.24) is 8.61 Å². The zero-order valence-corrected chi connectivity index (χ0v) is 18.2. The van der Waals surface area contributed by atoms with Crippen molar-refractivity contribution in [2.24, 2.45) is 0 Å². The molecule has 2 aromatic rings. The Morgan fingerprint density at radius 2 is 1.40 bits per heavy atom. The second kappa shape index (κ2) is 8.37. The SMILES string of the molecule is O=S(=O)(c1ccc(S(=O)(=O)N(Cc2ccc(F)cc2)C2CC2)cc1)N1CCCCC1. The lowest BCUT2D eigenvalue weighted by Gasteiger charge is -2.26. The van der Waals surface area contributed by atoms with Gasteiger partial charge in [-0.05, 0) is 67.6 Å². The van der Waals surface area contributed by atoms with Crippen molar-refractivity contribution in [3.8, 4) is 0 Å². The number of rotatable bonds is 7. The minimum atomic E-state index is -3.80. The maximum absolute atomic E-state index is 13.2. The topological polar surface area (TPSA) is 74.8 Å². The van der Waals surface area contributed by atoms with Gasteiger partial charge in [-0.1, -0.05) is 18.6 Å². The van der Waals surface area contributed by atoms with E-state index in [0.29, 0.717) is 18.7 Å². The third-order valence-corrected chi connectivity index (χ3v) is 9.41. The fourth-order valence-electron chi connectivity index (χ4n) is 3.72. The van der Waals surface area contributed by atoms with Crippen LogP contribution in [0.15, 0.2) is 58.3 Å². The van der Waals surface area contributed by atoms with Crippen molar-refractivity contribution in [2.45, 2.75) is 54.5 Å². The van der Waals surface area contributed by atoms with Crippen LogP contribution in [0.3, 0.4) is 0 Å². The molecule has 2 aliphatic rings. The summed E-state index contributed by atoms with van der Waals surface area (Å²) in [5.74, 6) is -0.370. The van der Waals surface area contributed by atoms with Gasteiger partial charge in [0.25, 0.3) is 0 Å². The average molecular weight is 453 g/mol. The molecule has 0 aromatic heterocycles. The van der Waals surface area contributed by atoms with Gasteiger partial charge in [-0.3, -0.25) is 0 Å². The molecule has 0 N–H and O–H groups in total. The van der Waals surface area contributed by atoms with Crippen LogP contribution >= 0.6 is 0 Å². The van der Waals surface area contributed by atoms with E-state index in [1.165, 1.54) is 45.0 Å². The highest BCUT2D eigenvalue weighted by Crippen LogP contribution is 2.34. The van der Waals surface area contributed by atoms with E-state index in [1.807, 2.05) is 0 Å². The van der Waals surface area contributed by atoms with Gasteiger partial charge in [0.1, 0.15) is 5.82 Å². The zero-order valence-electron chi connectivity index (χ0n) is 16.6. The predicted octanol–water partition coefficient (Wildman–Crippen LogP) is 3.35. The van der Waals surface area contributed by atoms with E-state index < -0.39 is 20.0 Å². The summed E-state index contributed by atoms with van der Waals surface area (Å²) in [5.41, 5.74) is 0.705. The molecule has 1 saturated carbocycles. The van der Waals surface area contributed by atoms with E-state index in [0.717, 1.165) is 32.1 Å². The van der Waals surface area contributed by atoms with Crippen molar-refractivity contribution >= 4 is 20.0 Å². The van der Waals surface area contributed by atoms with E-state index in [1.54, 1.807) is 12.1 Å². The number of sulfonamides is 2. The van der Waals surface area contributed by atoms with E-state index in [9.17, 15) is 21.2 Å². The van der Waals surface area contributed by atoms with E-state index in [2.05, 4.69) is 0 Å². The minimum absolute atomic E-state index is 0.0640. The molecule has 162 valence electrons. The lowest BCUT2D eigenvalue weighted by molar-refractivity contribution is 0.346. The number of hydrogen-bond acceptors (Lipinski definition) is 4. The molecule has 4 rings (SSSR count). The predicted molar refractivity (Wildman–Crippen MR) is 111 cm³/mol. The van der Waals surface area contributed by atoms with Gasteiger partial charge in [0.15, 0.2) is 0 Å². The first-order valence-corrected chi connectivity index (χ1v) is 13.0. The highest BCUT2D eigenvalue weighted by molar-refractivity contribution is 7.89. The molecule has 1 heterocycles. The number of piperidine rings is 1. The molecule has 30 heavy (non-hydrogen) atoms. The second-order valence-corrected chi connectivity index (χ2v) is 11.7. The van der Waals surface area contributed by atoms with Crippen molar-refractivity contribution in [3.63, 3.8) is 0 Å². The first-order valence-electron chi connectivity index (χ1n) is 10.1. The molecule has 1 aliphatic carbocycles. The fourth-order valence-corrected chi connectivity index (χ4v) is 6.91. The fraction of sp³-hybridized carbons (Fsp3) is 0.429. The summed E-state index contributed by atoms with van der Waals surface area (Å²) in [6.07, 6.45) is 4.26. The molecular formula is C21H25FN2O4S2. The van der Waals surface area contributed by atoms with Crippen LogP contribution in [-0.2, 0) is 26.6 Å². The Balaban J connectivity index is 1.57. The number of nitrogens with zero attached hydrogens (tertiary/aromatic N) is 2. The standard InChI is InChI=1S/C21H25FN2O4S2/c22-18-6-4-17(5-7-18)16-24(19-8-9-19)30(27,28)21-12-10-20(11-13-21)29(25,26)23-14-2-1-3-15-23/h4-7,10-13,19H,1-3,8-9,14-16H2.